The molecule has 148 valence electrons. The maximum absolute atomic E-state index is 12.8. The molecule has 2 heterocycles. The average molecular weight is 388 g/mol. The highest BCUT2D eigenvalue weighted by molar-refractivity contribution is 5.90. The highest BCUT2D eigenvalue weighted by atomic mass is 16.2. The van der Waals surface area contributed by atoms with Gasteiger partial charge in [-0.25, -0.2) is 9.78 Å². The van der Waals surface area contributed by atoms with E-state index in [1.54, 1.807) is 4.90 Å². The Kier molecular flexibility index (Phi) is 4.92. The second kappa shape index (κ2) is 7.54. The maximum Gasteiger partial charge on any atom is 0.322 e. The lowest BCUT2D eigenvalue weighted by Crippen LogP contribution is -2.41. The van der Waals surface area contributed by atoms with Gasteiger partial charge in [0.15, 0.2) is 0 Å². The molecule has 0 saturated heterocycles. The number of fused-ring (bicyclic) bond motifs is 1. The molecular formula is C23H24N4O2. The molecule has 0 atom stereocenters. The zero-order valence-corrected chi connectivity index (χ0v) is 16.9. The van der Waals surface area contributed by atoms with Crippen molar-refractivity contribution in [2.24, 2.45) is 0 Å². The first-order valence-electron chi connectivity index (χ1n) is 9.73. The first-order chi connectivity index (χ1) is 13.9. The van der Waals surface area contributed by atoms with E-state index < -0.39 is 0 Å². The van der Waals surface area contributed by atoms with E-state index in [2.05, 4.69) is 15.3 Å². The van der Waals surface area contributed by atoms with Crippen molar-refractivity contribution in [2.75, 3.05) is 11.9 Å². The van der Waals surface area contributed by atoms with E-state index in [0.29, 0.717) is 24.4 Å². The molecule has 4 rings (SSSR count). The number of aromatic amines is 1. The van der Waals surface area contributed by atoms with Crippen LogP contribution in [0.25, 0.3) is 11.4 Å². The number of aryl methyl sites for hydroxylation is 2. The Morgan fingerprint density at radius 2 is 1.93 bits per heavy atom. The van der Waals surface area contributed by atoms with Crippen LogP contribution in [0.1, 0.15) is 27.9 Å². The summed E-state index contributed by atoms with van der Waals surface area (Å²) in [5.74, 6) is 0.575. The number of nitrogens with zero attached hydrogens (tertiary/aromatic N) is 2. The van der Waals surface area contributed by atoms with Crippen molar-refractivity contribution in [2.45, 2.75) is 33.7 Å². The summed E-state index contributed by atoms with van der Waals surface area (Å²) in [6.45, 7) is 6.78. The van der Waals surface area contributed by atoms with Crippen molar-refractivity contribution in [1.29, 1.82) is 0 Å². The number of urea groups is 1. The number of nitrogens with one attached hydrogen (secondary N) is 2. The molecule has 2 amide bonds. The summed E-state index contributed by atoms with van der Waals surface area (Å²) in [5.41, 5.74) is 6.09. The van der Waals surface area contributed by atoms with Gasteiger partial charge < -0.3 is 15.2 Å². The first-order valence-corrected chi connectivity index (χ1v) is 9.73. The lowest BCUT2D eigenvalue weighted by Gasteiger charge is -2.28. The van der Waals surface area contributed by atoms with Crippen LogP contribution in [0.2, 0.25) is 0 Å². The Balaban J connectivity index is 1.56. The van der Waals surface area contributed by atoms with E-state index in [1.165, 1.54) is 0 Å². The second-order valence-electron chi connectivity index (χ2n) is 7.56. The summed E-state index contributed by atoms with van der Waals surface area (Å²) in [5, 5.41) is 2.97. The molecule has 0 fully saturated rings. The molecule has 3 aromatic rings. The topological polar surface area (TPSA) is 78.1 Å². The third-order valence-electron chi connectivity index (χ3n) is 5.49. The molecule has 0 saturated carbocycles. The quantitative estimate of drug-likeness (QED) is 0.698. The van der Waals surface area contributed by atoms with Crippen LogP contribution in [-0.4, -0.2) is 27.4 Å². The van der Waals surface area contributed by atoms with Crippen molar-refractivity contribution in [3.05, 3.63) is 80.8 Å². The predicted molar refractivity (Wildman–Crippen MR) is 114 cm³/mol. The van der Waals surface area contributed by atoms with Gasteiger partial charge in [-0.05, 0) is 44.0 Å². The molecule has 2 aromatic carbocycles. The molecule has 6 nitrogen and oxygen atoms in total. The molecule has 0 spiro atoms. The SMILES string of the molecule is Cc1cccc(-c2nc3c(c(=O)[nH]2)CN(C(=O)Nc2cccc(C)c2C)CC3)c1. The minimum absolute atomic E-state index is 0.184. The molecule has 0 unspecified atom stereocenters. The minimum Gasteiger partial charge on any atom is -0.320 e. The lowest BCUT2D eigenvalue weighted by molar-refractivity contribution is 0.205. The fraction of sp³-hybridized carbons (Fsp3) is 0.261. The van der Waals surface area contributed by atoms with Crippen LogP contribution < -0.4 is 10.9 Å². The highest BCUT2D eigenvalue weighted by Crippen LogP contribution is 2.22. The zero-order chi connectivity index (χ0) is 20.5. The third-order valence-corrected chi connectivity index (χ3v) is 5.49. The van der Waals surface area contributed by atoms with Crippen LogP contribution >= 0.6 is 0 Å². The van der Waals surface area contributed by atoms with E-state index in [1.807, 2.05) is 63.2 Å². The van der Waals surface area contributed by atoms with Crippen molar-refractivity contribution in [3.63, 3.8) is 0 Å². The average Bonchev–Trinajstić information content (AvgIpc) is 2.71. The van der Waals surface area contributed by atoms with E-state index >= 15 is 0 Å². The van der Waals surface area contributed by atoms with Gasteiger partial charge in [0, 0.05) is 24.2 Å². The highest BCUT2D eigenvalue weighted by Gasteiger charge is 2.25. The van der Waals surface area contributed by atoms with Gasteiger partial charge in [0.25, 0.3) is 5.56 Å². The molecule has 1 aliphatic rings. The van der Waals surface area contributed by atoms with E-state index in [0.717, 1.165) is 33.6 Å². The van der Waals surface area contributed by atoms with Crippen molar-refractivity contribution < 1.29 is 4.79 Å². The predicted octanol–water partition coefficient (Wildman–Crippen LogP) is 3.95. The number of H-pyrrole nitrogens is 1. The number of hydrogen-bond donors (Lipinski definition) is 2. The van der Waals surface area contributed by atoms with Crippen LogP contribution in [0.5, 0.6) is 0 Å². The van der Waals surface area contributed by atoms with Crippen LogP contribution in [0.4, 0.5) is 10.5 Å². The number of hydrogen-bond acceptors (Lipinski definition) is 3. The maximum atomic E-state index is 12.8. The smallest absolute Gasteiger partial charge is 0.320 e. The Bertz CT molecular complexity index is 1150. The standard InChI is InChI=1S/C23H24N4O2/c1-14-6-4-8-17(12-14)21-24-20-10-11-27(13-18(20)22(28)26-21)23(29)25-19-9-5-7-15(2)16(19)3/h4-9,12H,10-11,13H2,1-3H3,(H,25,29)(H,24,26,28). The molecule has 1 aliphatic heterocycles. The Hall–Kier alpha value is -3.41. The van der Waals surface area contributed by atoms with Gasteiger partial charge in [0.2, 0.25) is 0 Å². The van der Waals surface area contributed by atoms with Gasteiger partial charge in [-0.1, -0.05) is 35.9 Å². The van der Waals surface area contributed by atoms with E-state index in [-0.39, 0.29) is 18.1 Å². The van der Waals surface area contributed by atoms with Gasteiger partial charge in [-0.2, -0.15) is 0 Å². The van der Waals surface area contributed by atoms with Gasteiger partial charge in [-0.3, -0.25) is 4.79 Å². The zero-order valence-electron chi connectivity index (χ0n) is 16.9. The van der Waals surface area contributed by atoms with Crippen LogP contribution in [-0.2, 0) is 13.0 Å². The van der Waals surface area contributed by atoms with Gasteiger partial charge in [0.1, 0.15) is 5.82 Å². The molecule has 2 N–H and O–H groups in total. The molecule has 0 aliphatic carbocycles. The van der Waals surface area contributed by atoms with E-state index in [9.17, 15) is 9.59 Å². The van der Waals surface area contributed by atoms with E-state index in [4.69, 9.17) is 0 Å². The van der Waals surface area contributed by atoms with Crippen molar-refractivity contribution in [1.82, 2.24) is 14.9 Å². The summed E-state index contributed by atoms with van der Waals surface area (Å²) >= 11 is 0. The summed E-state index contributed by atoms with van der Waals surface area (Å²) in [7, 11) is 0. The van der Waals surface area contributed by atoms with Crippen LogP contribution in [0.3, 0.4) is 0 Å². The van der Waals surface area contributed by atoms with Gasteiger partial charge in [-0.15, -0.1) is 0 Å². The second-order valence-corrected chi connectivity index (χ2v) is 7.56. The fourth-order valence-electron chi connectivity index (χ4n) is 3.61. The monoisotopic (exact) mass is 388 g/mol. The largest absolute Gasteiger partial charge is 0.322 e. The molecule has 0 radical (unpaired) electrons. The Labute approximate surface area is 169 Å². The third kappa shape index (κ3) is 3.78. The number of carbonyl (C=O) groups excluding carboxylic acids is 1. The van der Waals surface area contributed by atoms with Crippen molar-refractivity contribution >= 4 is 11.7 Å². The molecular weight excluding hydrogens is 364 g/mol. The number of amides is 2. The molecule has 29 heavy (non-hydrogen) atoms. The minimum atomic E-state index is -0.202. The number of rotatable bonds is 2. The Morgan fingerprint density at radius 1 is 1.14 bits per heavy atom. The molecule has 0 bridgehead atoms. The number of anilines is 1. The first kappa shape index (κ1) is 18.9. The van der Waals surface area contributed by atoms with Crippen molar-refractivity contribution in [3.8, 4) is 11.4 Å². The molecule has 1 aromatic heterocycles. The summed E-state index contributed by atoms with van der Waals surface area (Å²) in [6.07, 6.45) is 0.554. The molecule has 6 heteroatoms. The lowest BCUT2D eigenvalue weighted by atomic mass is 10.1. The number of aromatic nitrogens is 2. The normalized spacial score (nSPS) is 13.1. The van der Waals surface area contributed by atoms with Gasteiger partial charge >= 0.3 is 6.03 Å². The summed E-state index contributed by atoms with van der Waals surface area (Å²) in [4.78, 5) is 34.7. The summed E-state index contributed by atoms with van der Waals surface area (Å²) in [6, 6.07) is 13.5. The summed E-state index contributed by atoms with van der Waals surface area (Å²) < 4.78 is 0. The number of benzene rings is 2. The van der Waals surface area contributed by atoms with Gasteiger partial charge in [0.05, 0.1) is 17.8 Å². The fourth-order valence-corrected chi connectivity index (χ4v) is 3.61. The Morgan fingerprint density at radius 3 is 2.72 bits per heavy atom. The van der Waals surface area contributed by atoms with Crippen LogP contribution in [0.15, 0.2) is 47.3 Å². The number of carbonyl (C=O) groups is 1. The van der Waals surface area contributed by atoms with Crippen LogP contribution in [0, 0.1) is 20.8 Å².